The highest BCUT2D eigenvalue weighted by Crippen LogP contribution is 2.43. The first-order chi connectivity index (χ1) is 36.7. The predicted molar refractivity (Wildman–Crippen MR) is 300 cm³/mol. The van der Waals surface area contributed by atoms with Crippen LogP contribution in [0.2, 0.25) is 0 Å². The van der Waals surface area contributed by atoms with Gasteiger partial charge in [-0.1, -0.05) is 231 Å². The summed E-state index contributed by atoms with van der Waals surface area (Å²) in [6.45, 7) is 0. The molecular formula is C66H42N8. The van der Waals surface area contributed by atoms with Crippen LogP contribution in [0.15, 0.2) is 255 Å². The number of hydrogen-bond donors (Lipinski definition) is 0. The number of para-hydroxylation sites is 3. The molecule has 4 heterocycles. The highest BCUT2D eigenvalue weighted by Gasteiger charge is 2.25. The Morgan fingerprint density at radius 2 is 0.541 bits per heavy atom. The summed E-state index contributed by atoms with van der Waals surface area (Å²) in [5.74, 6) is 3.40. The SMILES string of the molecule is c1ccc(-c2ccc(-c3nc(-c4ccccc4)nc(-c4ccccc4-n4c5ccccc5c5ccc6c7ccccc7n(-c7nc(-c8ccccc8)nc(-c8ccc(-c9ccccc9)cc8)n7)c6c54)n3)cc2)cc1. The van der Waals surface area contributed by atoms with Crippen LogP contribution in [0.3, 0.4) is 0 Å². The Morgan fingerprint density at radius 1 is 0.216 bits per heavy atom. The summed E-state index contributed by atoms with van der Waals surface area (Å²) in [7, 11) is 0. The molecule has 14 rings (SSSR count). The van der Waals surface area contributed by atoms with Gasteiger partial charge in [-0.25, -0.2) is 19.9 Å². The second-order valence-electron chi connectivity index (χ2n) is 18.3. The largest absolute Gasteiger partial charge is 0.306 e. The average Bonchev–Trinajstić information content (AvgIpc) is 4.01. The number of aromatic nitrogens is 8. The van der Waals surface area contributed by atoms with Crippen molar-refractivity contribution in [1.29, 1.82) is 0 Å². The molecule has 0 aliphatic rings. The molecule has 14 aromatic rings. The Morgan fingerprint density at radius 3 is 1.03 bits per heavy atom. The second-order valence-corrected chi connectivity index (χ2v) is 18.3. The van der Waals surface area contributed by atoms with Crippen LogP contribution in [0.5, 0.6) is 0 Å². The summed E-state index contributed by atoms with van der Waals surface area (Å²) in [5.41, 5.74) is 13.8. The van der Waals surface area contributed by atoms with E-state index in [9.17, 15) is 0 Å². The first kappa shape index (κ1) is 42.7. The lowest BCUT2D eigenvalue weighted by molar-refractivity contribution is 0.953. The topological polar surface area (TPSA) is 87.2 Å². The fourth-order valence-electron chi connectivity index (χ4n) is 10.4. The Balaban J connectivity index is 1.02. The normalized spacial score (nSPS) is 11.5. The van der Waals surface area contributed by atoms with E-state index in [2.05, 4.69) is 203 Å². The first-order valence-electron chi connectivity index (χ1n) is 24.7. The van der Waals surface area contributed by atoms with E-state index >= 15 is 0 Å². The van der Waals surface area contributed by atoms with Gasteiger partial charge < -0.3 is 4.57 Å². The number of rotatable bonds is 9. The van der Waals surface area contributed by atoms with Crippen LogP contribution in [0.4, 0.5) is 0 Å². The molecule has 8 nitrogen and oxygen atoms in total. The summed E-state index contributed by atoms with van der Waals surface area (Å²) in [6.07, 6.45) is 0. The Bertz CT molecular complexity index is 4380. The van der Waals surface area contributed by atoms with E-state index in [1.165, 1.54) is 0 Å². The Hall–Kier alpha value is -10.2. The molecule has 0 unspecified atom stereocenters. The van der Waals surface area contributed by atoms with E-state index in [1.54, 1.807) is 0 Å². The first-order valence-corrected chi connectivity index (χ1v) is 24.7. The van der Waals surface area contributed by atoms with Crippen LogP contribution < -0.4 is 0 Å². The molecule has 74 heavy (non-hydrogen) atoms. The molecule has 0 aliphatic heterocycles. The van der Waals surface area contributed by atoms with E-state index in [0.29, 0.717) is 35.1 Å². The van der Waals surface area contributed by atoms with Gasteiger partial charge in [-0.2, -0.15) is 9.97 Å². The number of hydrogen-bond acceptors (Lipinski definition) is 6. The zero-order valence-corrected chi connectivity index (χ0v) is 39.8. The van der Waals surface area contributed by atoms with E-state index < -0.39 is 0 Å². The summed E-state index contributed by atoms with van der Waals surface area (Å²) in [5, 5.41) is 4.34. The van der Waals surface area contributed by atoms with Gasteiger partial charge in [0, 0.05) is 49.4 Å². The molecule has 10 aromatic carbocycles. The third kappa shape index (κ3) is 7.40. The third-order valence-corrected chi connectivity index (χ3v) is 13.9. The lowest BCUT2D eigenvalue weighted by Gasteiger charge is -2.16. The maximum absolute atomic E-state index is 5.41. The fraction of sp³-hybridized carbons (Fsp3) is 0. The monoisotopic (exact) mass is 946 g/mol. The minimum absolute atomic E-state index is 0.512. The summed E-state index contributed by atoms with van der Waals surface area (Å²) >= 11 is 0. The van der Waals surface area contributed by atoms with Crippen molar-refractivity contribution in [2.24, 2.45) is 0 Å². The van der Waals surface area contributed by atoms with Crippen molar-refractivity contribution < 1.29 is 0 Å². The fourth-order valence-corrected chi connectivity index (χ4v) is 10.4. The maximum Gasteiger partial charge on any atom is 0.238 e. The lowest BCUT2D eigenvalue weighted by Crippen LogP contribution is -2.07. The van der Waals surface area contributed by atoms with Gasteiger partial charge in [-0.3, -0.25) is 4.57 Å². The van der Waals surface area contributed by atoms with E-state index in [-0.39, 0.29) is 0 Å². The van der Waals surface area contributed by atoms with Crippen LogP contribution in [0, 0.1) is 0 Å². The van der Waals surface area contributed by atoms with Gasteiger partial charge in [0.1, 0.15) is 0 Å². The molecule has 8 heteroatoms. The van der Waals surface area contributed by atoms with Crippen LogP contribution in [-0.2, 0) is 0 Å². The zero-order valence-electron chi connectivity index (χ0n) is 39.8. The Labute approximate surface area is 426 Å². The maximum atomic E-state index is 5.41. The summed E-state index contributed by atoms with van der Waals surface area (Å²) < 4.78 is 4.61. The molecule has 0 amide bonds. The van der Waals surface area contributed by atoms with Crippen LogP contribution >= 0.6 is 0 Å². The molecule has 346 valence electrons. The van der Waals surface area contributed by atoms with Crippen LogP contribution in [0.25, 0.3) is 134 Å². The molecule has 0 spiro atoms. The van der Waals surface area contributed by atoms with Crippen molar-refractivity contribution in [1.82, 2.24) is 39.0 Å². The van der Waals surface area contributed by atoms with Crippen LogP contribution in [0.1, 0.15) is 0 Å². The van der Waals surface area contributed by atoms with Crippen molar-refractivity contribution in [2.75, 3.05) is 0 Å². The number of benzene rings is 10. The minimum Gasteiger partial charge on any atom is -0.306 e. The van der Waals surface area contributed by atoms with Gasteiger partial charge in [0.25, 0.3) is 0 Å². The van der Waals surface area contributed by atoms with Crippen molar-refractivity contribution in [3.63, 3.8) is 0 Å². The molecule has 0 atom stereocenters. The lowest BCUT2D eigenvalue weighted by atomic mass is 10.0. The Kier molecular flexibility index (Phi) is 10.3. The average molecular weight is 947 g/mol. The molecule has 0 saturated heterocycles. The van der Waals surface area contributed by atoms with Gasteiger partial charge in [0.15, 0.2) is 29.1 Å². The highest BCUT2D eigenvalue weighted by molar-refractivity contribution is 6.24. The van der Waals surface area contributed by atoms with Gasteiger partial charge in [0.05, 0.1) is 27.8 Å². The standard InChI is InChI=1S/C66H42N8/c1-5-19-43(20-6-1)45-33-37-49(38-34-45)62-67-61(47-23-9-3-10-24-47)69-65(70-62)55-29-15-18-32-58(55)73-56-30-16-13-27-51(56)53-41-42-54-52-28-14-17-31-57(52)74(60(54)59(53)73)66-71-63(48-25-11-4-12-26-48)68-64(72-66)50-39-35-46(36-40-50)44-21-7-2-8-22-44/h1-42H. The van der Waals surface area contributed by atoms with Crippen molar-refractivity contribution >= 4 is 43.6 Å². The summed E-state index contributed by atoms with van der Waals surface area (Å²) in [6, 6.07) is 88.1. The molecule has 0 N–H and O–H groups in total. The van der Waals surface area contributed by atoms with Gasteiger partial charge >= 0.3 is 0 Å². The molecule has 0 saturated carbocycles. The number of fused-ring (bicyclic) bond motifs is 7. The van der Waals surface area contributed by atoms with Crippen molar-refractivity contribution in [3.8, 4) is 90.8 Å². The quantitative estimate of drug-likeness (QED) is 0.143. The second kappa shape index (κ2) is 17.9. The molecule has 0 fully saturated rings. The van der Waals surface area contributed by atoms with Gasteiger partial charge in [-0.15, -0.1) is 0 Å². The highest BCUT2D eigenvalue weighted by atomic mass is 15.2. The molecule has 0 bridgehead atoms. The van der Waals surface area contributed by atoms with Gasteiger partial charge in [-0.05, 0) is 46.5 Å². The molecule has 0 radical (unpaired) electrons. The zero-order chi connectivity index (χ0) is 49.0. The summed E-state index contributed by atoms with van der Waals surface area (Å²) in [4.78, 5) is 31.7. The van der Waals surface area contributed by atoms with Crippen LogP contribution in [-0.4, -0.2) is 39.0 Å². The third-order valence-electron chi connectivity index (χ3n) is 13.9. The van der Waals surface area contributed by atoms with Crippen molar-refractivity contribution in [3.05, 3.63) is 255 Å². The van der Waals surface area contributed by atoms with Crippen molar-refractivity contribution in [2.45, 2.75) is 0 Å². The van der Waals surface area contributed by atoms with Gasteiger partial charge in [0.2, 0.25) is 5.95 Å². The van der Waals surface area contributed by atoms with E-state index in [0.717, 1.165) is 99.4 Å². The predicted octanol–water partition coefficient (Wildman–Crippen LogP) is 15.9. The minimum atomic E-state index is 0.512. The molecular weight excluding hydrogens is 905 g/mol. The van der Waals surface area contributed by atoms with E-state index in [4.69, 9.17) is 29.9 Å². The molecule has 4 aromatic heterocycles. The number of nitrogens with zero attached hydrogens (tertiary/aromatic N) is 8. The van der Waals surface area contributed by atoms with E-state index in [1.807, 2.05) is 60.7 Å². The molecule has 0 aliphatic carbocycles. The smallest absolute Gasteiger partial charge is 0.238 e.